The first-order chi connectivity index (χ1) is 10.3. The van der Waals surface area contributed by atoms with Crippen molar-refractivity contribution in [3.63, 3.8) is 0 Å². The minimum Gasteiger partial charge on any atom is -0.488 e. The second kappa shape index (κ2) is 6.24. The SMILES string of the molecule is OCc1cc(OCc2ccccc2Br)c2ccccc2n1. The van der Waals surface area contributed by atoms with Gasteiger partial charge in [0.25, 0.3) is 0 Å². The molecular weight excluding hydrogens is 330 g/mol. The molecule has 3 nitrogen and oxygen atoms in total. The van der Waals surface area contributed by atoms with Crippen LogP contribution in [-0.2, 0) is 13.2 Å². The second-order valence-electron chi connectivity index (χ2n) is 4.67. The fourth-order valence-electron chi connectivity index (χ4n) is 2.17. The zero-order valence-corrected chi connectivity index (χ0v) is 12.9. The van der Waals surface area contributed by atoms with Crippen molar-refractivity contribution in [2.45, 2.75) is 13.2 Å². The Kier molecular flexibility index (Phi) is 4.18. The number of ether oxygens (including phenoxy) is 1. The fourth-order valence-corrected chi connectivity index (χ4v) is 2.57. The van der Waals surface area contributed by atoms with Crippen molar-refractivity contribution in [1.82, 2.24) is 4.98 Å². The van der Waals surface area contributed by atoms with E-state index in [2.05, 4.69) is 20.9 Å². The molecule has 4 heteroatoms. The molecule has 0 aliphatic rings. The van der Waals surface area contributed by atoms with Crippen molar-refractivity contribution in [2.24, 2.45) is 0 Å². The number of halogens is 1. The molecule has 0 radical (unpaired) electrons. The van der Waals surface area contributed by atoms with Gasteiger partial charge in [-0.15, -0.1) is 0 Å². The van der Waals surface area contributed by atoms with Crippen molar-refractivity contribution in [1.29, 1.82) is 0 Å². The van der Waals surface area contributed by atoms with Gasteiger partial charge in [0.15, 0.2) is 0 Å². The van der Waals surface area contributed by atoms with Crippen LogP contribution in [0.3, 0.4) is 0 Å². The Balaban J connectivity index is 1.94. The van der Waals surface area contributed by atoms with Gasteiger partial charge in [-0.2, -0.15) is 0 Å². The number of nitrogens with zero attached hydrogens (tertiary/aromatic N) is 1. The molecule has 0 unspecified atom stereocenters. The van der Waals surface area contributed by atoms with Crippen molar-refractivity contribution < 1.29 is 9.84 Å². The molecule has 1 N–H and O–H groups in total. The Morgan fingerprint density at radius 2 is 1.81 bits per heavy atom. The van der Waals surface area contributed by atoms with Crippen LogP contribution in [0.5, 0.6) is 5.75 Å². The van der Waals surface area contributed by atoms with E-state index in [-0.39, 0.29) is 6.61 Å². The summed E-state index contributed by atoms with van der Waals surface area (Å²) in [6, 6.07) is 17.5. The fraction of sp³-hybridized carbons (Fsp3) is 0.118. The first kappa shape index (κ1) is 14.0. The van der Waals surface area contributed by atoms with Gasteiger partial charge in [0.2, 0.25) is 0 Å². The summed E-state index contributed by atoms with van der Waals surface area (Å²) in [4.78, 5) is 4.39. The lowest BCUT2D eigenvalue weighted by atomic mass is 10.2. The molecule has 2 aromatic carbocycles. The molecule has 0 bridgehead atoms. The third kappa shape index (κ3) is 3.06. The number of pyridine rings is 1. The second-order valence-corrected chi connectivity index (χ2v) is 5.52. The molecule has 0 atom stereocenters. The molecule has 1 heterocycles. The highest BCUT2D eigenvalue weighted by molar-refractivity contribution is 9.10. The molecule has 0 saturated carbocycles. The quantitative estimate of drug-likeness (QED) is 0.776. The number of benzene rings is 2. The van der Waals surface area contributed by atoms with Gasteiger partial charge in [-0.25, -0.2) is 0 Å². The number of rotatable bonds is 4. The molecule has 0 amide bonds. The monoisotopic (exact) mass is 343 g/mol. The zero-order chi connectivity index (χ0) is 14.7. The van der Waals surface area contributed by atoms with E-state index in [1.54, 1.807) is 6.07 Å². The number of fused-ring (bicyclic) bond motifs is 1. The van der Waals surface area contributed by atoms with Gasteiger partial charge >= 0.3 is 0 Å². The van der Waals surface area contributed by atoms with E-state index in [0.29, 0.717) is 12.3 Å². The van der Waals surface area contributed by atoms with Crippen molar-refractivity contribution in [3.8, 4) is 5.75 Å². The Morgan fingerprint density at radius 1 is 1.05 bits per heavy atom. The normalized spacial score (nSPS) is 10.8. The summed E-state index contributed by atoms with van der Waals surface area (Å²) >= 11 is 3.52. The van der Waals surface area contributed by atoms with E-state index >= 15 is 0 Å². The Labute approximate surface area is 131 Å². The van der Waals surface area contributed by atoms with E-state index in [4.69, 9.17) is 4.74 Å². The van der Waals surface area contributed by atoms with E-state index in [0.717, 1.165) is 26.7 Å². The molecule has 106 valence electrons. The average molecular weight is 344 g/mol. The topological polar surface area (TPSA) is 42.4 Å². The van der Waals surface area contributed by atoms with Crippen molar-refractivity contribution in [2.75, 3.05) is 0 Å². The zero-order valence-electron chi connectivity index (χ0n) is 11.3. The third-order valence-corrected chi connectivity index (χ3v) is 4.01. The maximum absolute atomic E-state index is 9.33. The highest BCUT2D eigenvalue weighted by Gasteiger charge is 2.07. The van der Waals surface area contributed by atoms with Gasteiger partial charge in [-0.3, -0.25) is 4.98 Å². The molecule has 3 rings (SSSR count). The molecular formula is C17H14BrNO2. The van der Waals surface area contributed by atoms with Gasteiger partial charge in [-0.1, -0.05) is 46.3 Å². The number of para-hydroxylation sites is 1. The summed E-state index contributed by atoms with van der Waals surface area (Å²) in [6.45, 7) is 0.358. The van der Waals surface area contributed by atoms with E-state index < -0.39 is 0 Å². The van der Waals surface area contributed by atoms with Crippen LogP contribution in [0.4, 0.5) is 0 Å². The minimum atomic E-state index is -0.101. The Morgan fingerprint density at radius 3 is 2.62 bits per heavy atom. The van der Waals surface area contributed by atoms with Crippen LogP contribution in [0, 0.1) is 0 Å². The molecule has 0 saturated heterocycles. The van der Waals surface area contributed by atoms with Gasteiger partial charge in [0.1, 0.15) is 12.4 Å². The largest absolute Gasteiger partial charge is 0.488 e. The van der Waals surface area contributed by atoms with Crippen LogP contribution in [0.15, 0.2) is 59.1 Å². The van der Waals surface area contributed by atoms with E-state index in [1.807, 2.05) is 48.5 Å². The standard InChI is InChI=1S/C17H14BrNO2/c18-15-7-3-1-5-12(15)11-21-17-9-13(10-20)19-16-8-4-2-6-14(16)17/h1-9,20H,10-11H2. The lowest BCUT2D eigenvalue weighted by molar-refractivity contribution is 0.274. The lowest BCUT2D eigenvalue weighted by Gasteiger charge is -2.11. The molecule has 21 heavy (non-hydrogen) atoms. The maximum atomic E-state index is 9.33. The smallest absolute Gasteiger partial charge is 0.131 e. The minimum absolute atomic E-state index is 0.101. The van der Waals surface area contributed by atoms with Crippen LogP contribution in [-0.4, -0.2) is 10.1 Å². The van der Waals surface area contributed by atoms with Crippen LogP contribution in [0.1, 0.15) is 11.3 Å². The highest BCUT2D eigenvalue weighted by Crippen LogP contribution is 2.27. The number of hydrogen-bond acceptors (Lipinski definition) is 3. The third-order valence-electron chi connectivity index (χ3n) is 3.23. The summed E-state index contributed by atoms with van der Waals surface area (Å²) in [5.41, 5.74) is 2.51. The van der Waals surface area contributed by atoms with E-state index in [1.165, 1.54) is 0 Å². The number of aliphatic hydroxyl groups excluding tert-OH is 1. The van der Waals surface area contributed by atoms with Crippen LogP contribution < -0.4 is 4.74 Å². The Hall–Kier alpha value is -1.91. The van der Waals surface area contributed by atoms with Crippen molar-refractivity contribution >= 4 is 26.8 Å². The summed E-state index contributed by atoms with van der Waals surface area (Å²) in [7, 11) is 0. The summed E-state index contributed by atoms with van der Waals surface area (Å²) in [5.74, 6) is 0.736. The molecule has 0 aliphatic carbocycles. The number of aliphatic hydroxyl groups is 1. The van der Waals surface area contributed by atoms with Crippen LogP contribution in [0.25, 0.3) is 10.9 Å². The first-order valence-corrected chi connectivity index (χ1v) is 7.43. The van der Waals surface area contributed by atoms with Crippen LogP contribution in [0.2, 0.25) is 0 Å². The summed E-state index contributed by atoms with van der Waals surface area (Å²) < 4.78 is 6.97. The molecule has 1 aromatic heterocycles. The van der Waals surface area contributed by atoms with Gasteiger partial charge < -0.3 is 9.84 Å². The number of aromatic nitrogens is 1. The lowest BCUT2D eigenvalue weighted by Crippen LogP contribution is -1.99. The maximum Gasteiger partial charge on any atom is 0.131 e. The molecule has 3 aromatic rings. The first-order valence-electron chi connectivity index (χ1n) is 6.63. The predicted octanol–water partition coefficient (Wildman–Crippen LogP) is 4.07. The number of hydrogen-bond donors (Lipinski definition) is 1. The average Bonchev–Trinajstić information content (AvgIpc) is 2.53. The van der Waals surface area contributed by atoms with Crippen LogP contribution >= 0.6 is 15.9 Å². The molecule has 0 aliphatic heterocycles. The van der Waals surface area contributed by atoms with Gasteiger partial charge in [0.05, 0.1) is 17.8 Å². The highest BCUT2D eigenvalue weighted by atomic mass is 79.9. The molecule has 0 spiro atoms. The predicted molar refractivity (Wildman–Crippen MR) is 86.1 cm³/mol. The van der Waals surface area contributed by atoms with Crippen molar-refractivity contribution in [3.05, 3.63) is 70.3 Å². The van der Waals surface area contributed by atoms with E-state index in [9.17, 15) is 5.11 Å². The summed E-state index contributed by atoms with van der Waals surface area (Å²) in [6.07, 6.45) is 0. The van der Waals surface area contributed by atoms with Gasteiger partial charge in [-0.05, 0) is 18.2 Å². The van der Waals surface area contributed by atoms with Gasteiger partial charge in [0, 0.05) is 21.5 Å². The Bertz CT molecular complexity index is 774. The summed E-state index contributed by atoms with van der Waals surface area (Å²) in [5, 5.41) is 10.3. The molecule has 0 fully saturated rings.